The molecule has 0 spiro atoms. The largest absolute Gasteiger partial charge is 0.496 e. The number of sulfonamides is 1. The number of nitrogens with one attached hydrogen (secondary N) is 1. The number of hydrogen-bond acceptors (Lipinski definition) is 4. The number of methoxy groups -OCH3 is 1. The summed E-state index contributed by atoms with van der Waals surface area (Å²) in [5, 5.41) is 2.45. The average molecular weight is 457 g/mol. The van der Waals surface area contributed by atoms with Crippen molar-refractivity contribution in [2.45, 2.75) is 17.7 Å². The van der Waals surface area contributed by atoms with E-state index < -0.39 is 21.7 Å². The highest BCUT2D eigenvalue weighted by atomic mass is 79.9. The van der Waals surface area contributed by atoms with Gasteiger partial charge in [0.05, 0.1) is 23.3 Å². The van der Waals surface area contributed by atoms with E-state index in [1.165, 1.54) is 41.7 Å². The van der Waals surface area contributed by atoms with Gasteiger partial charge in [-0.2, -0.15) is 4.31 Å². The highest BCUT2D eigenvalue weighted by Gasteiger charge is 2.28. The molecular weight excluding hydrogens is 439 g/mol. The van der Waals surface area contributed by atoms with Gasteiger partial charge >= 0.3 is 0 Å². The van der Waals surface area contributed by atoms with Gasteiger partial charge in [-0.3, -0.25) is 4.79 Å². The minimum Gasteiger partial charge on any atom is -0.496 e. The number of nitrogens with zero attached hydrogens (tertiary/aromatic N) is 1. The molecule has 1 fully saturated rings. The molecule has 3 rings (SSSR count). The van der Waals surface area contributed by atoms with E-state index in [1.807, 2.05) is 0 Å². The van der Waals surface area contributed by atoms with E-state index in [0.717, 1.165) is 12.8 Å². The number of rotatable bonds is 5. The molecule has 1 aliphatic rings. The quantitative estimate of drug-likeness (QED) is 0.744. The molecule has 1 heterocycles. The van der Waals surface area contributed by atoms with Crippen molar-refractivity contribution in [3.8, 4) is 5.75 Å². The lowest BCUT2D eigenvalue weighted by Gasteiger charge is -2.17. The maximum atomic E-state index is 14.0. The predicted molar refractivity (Wildman–Crippen MR) is 103 cm³/mol. The third-order valence-corrected chi connectivity index (χ3v) is 6.69. The molecule has 2 aromatic carbocycles. The summed E-state index contributed by atoms with van der Waals surface area (Å²) >= 11 is 3.15. The van der Waals surface area contributed by atoms with Crippen LogP contribution < -0.4 is 10.1 Å². The van der Waals surface area contributed by atoms with Crippen molar-refractivity contribution in [2.24, 2.45) is 0 Å². The fourth-order valence-electron chi connectivity index (χ4n) is 2.88. The van der Waals surface area contributed by atoms with Crippen molar-refractivity contribution in [3.63, 3.8) is 0 Å². The minimum atomic E-state index is -3.69. The molecular formula is C18H18BrFN2O4S. The number of amides is 1. The van der Waals surface area contributed by atoms with Gasteiger partial charge in [0.2, 0.25) is 10.0 Å². The van der Waals surface area contributed by atoms with Crippen LogP contribution in [-0.4, -0.2) is 38.8 Å². The molecule has 27 heavy (non-hydrogen) atoms. The van der Waals surface area contributed by atoms with Crippen LogP contribution in [0.3, 0.4) is 0 Å². The van der Waals surface area contributed by atoms with Crippen LogP contribution in [0.2, 0.25) is 0 Å². The van der Waals surface area contributed by atoms with Gasteiger partial charge in [0.1, 0.15) is 11.6 Å². The Morgan fingerprint density at radius 1 is 1.19 bits per heavy atom. The summed E-state index contributed by atoms with van der Waals surface area (Å²) in [6.07, 6.45) is 1.62. The van der Waals surface area contributed by atoms with Crippen molar-refractivity contribution in [2.75, 3.05) is 25.5 Å². The van der Waals surface area contributed by atoms with E-state index in [4.69, 9.17) is 4.74 Å². The smallest absolute Gasteiger partial charge is 0.259 e. The standard InChI is InChI=1S/C18H18BrFN2O4S/c1-26-17-7-5-13(27(24,25)22-8-2-3-9-22)11-14(17)18(23)21-16-6-4-12(19)10-15(16)20/h4-7,10-11H,2-3,8-9H2,1H3,(H,21,23). The number of carbonyl (C=O) groups is 1. The highest BCUT2D eigenvalue weighted by Crippen LogP contribution is 2.28. The Kier molecular flexibility index (Phi) is 5.83. The van der Waals surface area contributed by atoms with Gasteiger partial charge in [0, 0.05) is 17.6 Å². The van der Waals surface area contributed by atoms with Gasteiger partial charge in [-0.15, -0.1) is 0 Å². The van der Waals surface area contributed by atoms with E-state index in [9.17, 15) is 17.6 Å². The SMILES string of the molecule is COc1ccc(S(=O)(=O)N2CCCC2)cc1C(=O)Nc1ccc(Br)cc1F. The monoisotopic (exact) mass is 456 g/mol. The number of hydrogen-bond donors (Lipinski definition) is 1. The van der Waals surface area contributed by atoms with Gasteiger partial charge in [-0.25, -0.2) is 12.8 Å². The Balaban J connectivity index is 1.94. The third kappa shape index (κ3) is 4.15. The topological polar surface area (TPSA) is 75.7 Å². The number of anilines is 1. The van der Waals surface area contributed by atoms with Gasteiger partial charge in [-0.05, 0) is 49.2 Å². The second kappa shape index (κ2) is 7.95. The van der Waals surface area contributed by atoms with Crippen molar-refractivity contribution in [1.82, 2.24) is 4.31 Å². The molecule has 0 aliphatic carbocycles. The zero-order valence-electron chi connectivity index (χ0n) is 14.5. The molecule has 0 aromatic heterocycles. The van der Waals surface area contributed by atoms with Crippen LogP contribution in [0.1, 0.15) is 23.2 Å². The molecule has 144 valence electrons. The fourth-order valence-corrected chi connectivity index (χ4v) is 4.76. The Morgan fingerprint density at radius 3 is 2.52 bits per heavy atom. The van der Waals surface area contributed by atoms with Crippen molar-refractivity contribution in [3.05, 3.63) is 52.3 Å². The molecule has 1 saturated heterocycles. The van der Waals surface area contributed by atoms with Crippen molar-refractivity contribution >= 4 is 37.5 Å². The zero-order chi connectivity index (χ0) is 19.6. The summed E-state index contributed by atoms with van der Waals surface area (Å²) in [5.74, 6) is -1.07. The molecule has 0 atom stereocenters. The first-order valence-electron chi connectivity index (χ1n) is 8.27. The summed E-state index contributed by atoms with van der Waals surface area (Å²) in [7, 11) is -2.31. The maximum absolute atomic E-state index is 14.0. The number of halogens is 2. The van der Waals surface area contributed by atoms with Crippen LogP contribution in [0.5, 0.6) is 5.75 Å². The first-order chi connectivity index (χ1) is 12.8. The lowest BCUT2D eigenvalue weighted by molar-refractivity contribution is 0.102. The molecule has 0 unspecified atom stereocenters. The third-order valence-electron chi connectivity index (χ3n) is 4.30. The predicted octanol–water partition coefficient (Wildman–Crippen LogP) is 3.63. The molecule has 1 aliphatic heterocycles. The average Bonchev–Trinajstić information content (AvgIpc) is 3.19. The molecule has 0 saturated carbocycles. The summed E-state index contributed by atoms with van der Waals surface area (Å²) in [4.78, 5) is 12.7. The first-order valence-corrected chi connectivity index (χ1v) is 10.5. The molecule has 1 amide bonds. The Labute approximate surface area is 165 Å². The summed E-state index contributed by atoms with van der Waals surface area (Å²) in [6.45, 7) is 0.917. The summed E-state index contributed by atoms with van der Waals surface area (Å²) in [6, 6.07) is 8.32. The lowest BCUT2D eigenvalue weighted by atomic mass is 10.1. The molecule has 1 N–H and O–H groups in total. The fraction of sp³-hybridized carbons (Fsp3) is 0.278. The van der Waals surface area contributed by atoms with E-state index in [-0.39, 0.29) is 21.9 Å². The summed E-state index contributed by atoms with van der Waals surface area (Å²) in [5.41, 5.74) is -0.00172. The zero-order valence-corrected chi connectivity index (χ0v) is 16.9. The van der Waals surface area contributed by atoms with Crippen LogP contribution in [0.15, 0.2) is 45.8 Å². The van der Waals surface area contributed by atoms with Gasteiger partial charge in [0.25, 0.3) is 5.91 Å². The second-order valence-electron chi connectivity index (χ2n) is 6.05. The molecule has 0 bridgehead atoms. The van der Waals surface area contributed by atoms with Crippen LogP contribution in [0.25, 0.3) is 0 Å². The van der Waals surface area contributed by atoms with E-state index in [0.29, 0.717) is 17.6 Å². The lowest BCUT2D eigenvalue weighted by Crippen LogP contribution is -2.28. The highest BCUT2D eigenvalue weighted by molar-refractivity contribution is 9.10. The molecule has 0 radical (unpaired) electrons. The Morgan fingerprint density at radius 2 is 1.89 bits per heavy atom. The van der Waals surface area contributed by atoms with Crippen molar-refractivity contribution in [1.29, 1.82) is 0 Å². The van der Waals surface area contributed by atoms with Crippen LogP contribution in [0, 0.1) is 5.82 Å². The molecule has 9 heteroatoms. The number of benzene rings is 2. The Bertz CT molecular complexity index is 975. The Hall–Kier alpha value is -1.97. The number of carbonyl (C=O) groups excluding carboxylic acids is 1. The van der Waals surface area contributed by atoms with Crippen LogP contribution in [0.4, 0.5) is 10.1 Å². The van der Waals surface area contributed by atoms with E-state index >= 15 is 0 Å². The van der Waals surface area contributed by atoms with E-state index in [1.54, 1.807) is 6.07 Å². The van der Waals surface area contributed by atoms with Crippen LogP contribution >= 0.6 is 15.9 Å². The van der Waals surface area contributed by atoms with Gasteiger partial charge in [0.15, 0.2) is 0 Å². The second-order valence-corrected chi connectivity index (χ2v) is 8.91. The van der Waals surface area contributed by atoms with Crippen molar-refractivity contribution < 1.29 is 22.3 Å². The van der Waals surface area contributed by atoms with Gasteiger partial charge in [-0.1, -0.05) is 15.9 Å². The molecule has 2 aromatic rings. The molecule has 6 nitrogen and oxygen atoms in total. The minimum absolute atomic E-state index is 0.00614. The summed E-state index contributed by atoms with van der Waals surface area (Å²) < 4.78 is 46.6. The number of ether oxygens (including phenoxy) is 1. The normalized spacial score (nSPS) is 14.9. The maximum Gasteiger partial charge on any atom is 0.259 e. The van der Waals surface area contributed by atoms with E-state index in [2.05, 4.69) is 21.2 Å². The van der Waals surface area contributed by atoms with Gasteiger partial charge < -0.3 is 10.1 Å². The van der Waals surface area contributed by atoms with Crippen LogP contribution in [-0.2, 0) is 10.0 Å². The first kappa shape index (κ1) is 19.8.